The van der Waals surface area contributed by atoms with Crippen LogP contribution in [-0.4, -0.2) is 16.3 Å². The third kappa shape index (κ3) is 3.92. The number of hydrogen-bond donors (Lipinski definition) is 2. The summed E-state index contributed by atoms with van der Waals surface area (Å²) in [6.45, 7) is 9.05. The first-order valence-electron chi connectivity index (χ1n) is 9.97. The predicted molar refractivity (Wildman–Crippen MR) is 121 cm³/mol. The Labute approximate surface area is 176 Å². The Balaban J connectivity index is 1.41. The summed E-state index contributed by atoms with van der Waals surface area (Å²) in [6, 6.07) is 11.7. The van der Waals surface area contributed by atoms with Gasteiger partial charge < -0.3 is 5.11 Å². The molecule has 3 aromatic rings. The molecule has 150 valence electrons. The Morgan fingerprint density at radius 2 is 1.86 bits per heavy atom. The number of hydrogen-bond acceptors (Lipinski definition) is 5. The van der Waals surface area contributed by atoms with Crippen molar-refractivity contribution in [1.29, 1.82) is 0 Å². The van der Waals surface area contributed by atoms with Gasteiger partial charge in [-0.05, 0) is 73.8 Å². The van der Waals surface area contributed by atoms with Crippen LogP contribution in [0, 0.1) is 20.8 Å². The lowest BCUT2D eigenvalue weighted by molar-refractivity contribution is 0.225. The van der Waals surface area contributed by atoms with Gasteiger partial charge in [0.25, 0.3) is 0 Å². The third-order valence-corrected chi connectivity index (χ3v) is 6.97. The van der Waals surface area contributed by atoms with Gasteiger partial charge >= 0.3 is 0 Å². The van der Waals surface area contributed by atoms with Crippen LogP contribution in [-0.2, 0) is 5.41 Å². The van der Waals surface area contributed by atoms with E-state index in [2.05, 4.69) is 55.3 Å². The highest BCUT2D eigenvalue weighted by Crippen LogP contribution is 2.55. The summed E-state index contributed by atoms with van der Waals surface area (Å²) in [7, 11) is 0. The van der Waals surface area contributed by atoms with Crippen molar-refractivity contribution >= 4 is 22.7 Å². The number of nitrogens with one attached hydrogen (secondary N) is 1. The second-order valence-corrected chi connectivity index (χ2v) is 9.50. The zero-order valence-electron chi connectivity index (χ0n) is 17.4. The molecule has 0 aliphatic heterocycles. The first-order chi connectivity index (χ1) is 13.9. The summed E-state index contributed by atoms with van der Waals surface area (Å²) in [6.07, 6.45) is 5.89. The van der Waals surface area contributed by atoms with E-state index in [1.54, 1.807) is 29.7 Å². The molecule has 2 N–H and O–H groups in total. The number of nitrogens with zero attached hydrogens (tertiary/aromatic N) is 2. The van der Waals surface area contributed by atoms with E-state index in [4.69, 9.17) is 0 Å². The quantitative estimate of drug-likeness (QED) is 0.401. The molecule has 4 nitrogen and oxygen atoms in total. The summed E-state index contributed by atoms with van der Waals surface area (Å²) < 4.78 is 0. The van der Waals surface area contributed by atoms with Crippen LogP contribution in [0.15, 0.2) is 47.7 Å². The number of thiazole rings is 1. The fourth-order valence-corrected chi connectivity index (χ4v) is 5.71. The molecule has 0 spiro atoms. The molecule has 1 aliphatic carbocycles. The number of rotatable bonds is 5. The highest BCUT2D eigenvalue weighted by atomic mass is 32.1. The summed E-state index contributed by atoms with van der Waals surface area (Å²) in [5, 5.41) is 14.8. The van der Waals surface area contributed by atoms with Gasteiger partial charge in [-0.1, -0.05) is 36.8 Å². The van der Waals surface area contributed by atoms with Gasteiger partial charge in [0.15, 0.2) is 0 Å². The molecule has 1 heterocycles. The molecular weight excluding hydrogens is 378 g/mol. The minimum atomic E-state index is 0.216. The molecule has 0 unspecified atom stereocenters. The van der Waals surface area contributed by atoms with Crippen molar-refractivity contribution in [2.75, 3.05) is 5.43 Å². The molecule has 0 radical (unpaired) electrons. The molecule has 5 heteroatoms. The van der Waals surface area contributed by atoms with E-state index < -0.39 is 0 Å². The first kappa shape index (κ1) is 19.6. The molecule has 0 amide bonds. The lowest BCUT2D eigenvalue weighted by atomic mass is 9.58. The van der Waals surface area contributed by atoms with Crippen molar-refractivity contribution < 1.29 is 5.11 Å². The average molecular weight is 406 g/mol. The molecule has 1 saturated carbocycles. The number of phenolic OH excluding ortho intramolecular Hbond substituents is 1. The molecule has 29 heavy (non-hydrogen) atoms. The van der Waals surface area contributed by atoms with Crippen LogP contribution in [0.2, 0.25) is 0 Å². The number of aromatic nitrogens is 1. The molecule has 1 fully saturated rings. The van der Waals surface area contributed by atoms with Gasteiger partial charge in [-0.15, -0.1) is 11.3 Å². The van der Waals surface area contributed by atoms with E-state index in [9.17, 15) is 5.11 Å². The monoisotopic (exact) mass is 405 g/mol. The molecule has 2 aromatic carbocycles. The zero-order chi connectivity index (χ0) is 20.6. The molecule has 0 bridgehead atoms. The standard InChI is InChI=1S/C24H27N3OS/c1-15-9-16(2)22(17(3)10-15)24(4)11-19(12-24)21-14-25-23(29-21)27-26-13-18-7-5-6-8-20(18)28/h5-10,13-14,19,28H,11-12H2,1-4H3,(H,25,27)/b26-13+. The average Bonchev–Trinajstić information content (AvgIpc) is 3.08. The number of phenols is 1. The summed E-state index contributed by atoms with van der Waals surface area (Å²) in [4.78, 5) is 5.78. The summed E-state index contributed by atoms with van der Waals surface area (Å²) in [5.74, 6) is 0.767. The normalized spacial score (nSPS) is 21.3. The van der Waals surface area contributed by atoms with Crippen LogP contribution in [0.4, 0.5) is 5.13 Å². The topological polar surface area (TPSA) is 57.5 Å². The van der Waals surface area contributed by atoms with Crippen molar-refractivity contribution in [2.24, 2.45) is 5.10 Å². The number of aryl methyl sites for hydroxylation is 3. The number of benzene rings is 2. The lowest BCUT2D eigenvalue weighted by Gasteiger charge is -2.47. The van der Waals surface area contributed by atoms with E-state index in [-0.39, 0.29) is 11.2 Å². The Morgan fingerprint density at radius 1 is 1.17 bits per heavy atom. The first-order valence-corrected chi connectivity index (χ1v) is 10.8. The van der Waals surface area contributed by atoms with Gasteiger partial charge in [-0.25, -0.2) is 4.98 Å². The smallest absolute Gasteiger partial charge is 0.203 e. The number of hydrazone groups is 1. The highest BCUT2D eigenvalue weighted by molar-refractivity contribution is 7.15. The van der Waals surface area contributed by atoms with Gasteiger partial charge in [-0.2, -0.15) is 5.10 Å². The van der Waals surface area contributed by atoms with Gasteiger partial charge in [-0.3, -0.25) is 5.43 Å². The molecule has 0 atom stereocenters. The Morgan fingerprint density at radius 3 is 2.55 bits per heavy atom. The number of para-hydroxylation sites is 1. The van der Waals surface area contributed by atoms with Crippen LogP contribution < -0.4 is 5.43 Å². The van der Waals surface area contributed by atoms with E-state index in [0.717, 1.165) is 18.0 Å². The van der Waals surface area contributed by atoms with Gasteiger partial charge in [0.05, 0.1) is 6.21 Å². The molecular formula is C24H27N3OS. The minimum Gasteiger partial charge on any atom is -0.507 e. The third-order valence-electron chi connectivity index (χ3n) is 5.90. The van der Waals surface area contributed by atoms with Crippen molar-refractivity contribution in [1.82, 2.24) is 4.98 Å². The fourth-order valence-electron chi connectivity index (χ4n) is 4.85. The second kappa shape index (κ2) is 7.64. The van der Waals surface area contributed by atoms with Crippen LogP contribution in [0.1, 0.15) is 58.4 Å². The second-order valence-electron chi connectivity index (χ2n) is 8.44. The van der Waals surface area contributed by atoms with E-state index >= 15 is 0 Å². The number of aromatic hydroxyl groups is 1. The summed E-state index contributed by atoms with van der Waals surface area (Å²) >= 11 is 1.66. The van der Waals surface area contributed by atoms with E-state index in [1.165, 1.54) is 27.1 Å². The molecule has 0 saturated heterocycles. The van der Waals surface area contributed by atoms with Crippen LogP contribution in [0.3, 0.4) is 0 Å². The van der Waals surface area contributed by atoms with Crippen LogP contribution >= 0.6 is 11.3 Å². The fraction of sp³-hybridized carbons (Fsp3) is 0.333. The molecule has 1 aliphatic rings. The van der Waals surface area contributed by atoms with Crippen molar-refractivity contribution in [3.05, 3.63) is 75.3 Å². The Hall–Kier alpha value is -2.66. The van der Waals surface area contributed by atoms with E-state index in [1.807, 2.05) is 18.3 Å². The largest absolute Gasteiger partial charge is 0.507 e. The lowest BCUT2D eigenvalue weighted by Crippen LogP contribution is -2.38. The Kier molecular flexibility index (Phi) is 5.17. The summed E-state index contributed by atoms with van der Waals surface area (Å²) in [5.41, 5.74) is 9.59. The van der Waals surface area contributed by atoms with Gasteiger partial charge in [0.2, 0.25) is 5.13 Å². The van der Waals surface area contributed by atoms with Gasteiger partial charge in [0.1, 0.15) is 5.75 Å². The van der Waals surface area contributed by atoms with Crippen molar-refractivity contribution in [3.63, 3.8) is 0 Å². The minimum absolute atomic E-state index is 0.216. The van der Waals surface area contributed by atoms with Crippen molar-refractivity contribution in [3.8, 4) is 5.75 Å². The maximum atomic E-state index is 9.79. The highest BCUT2D eigenvalue weighted by Gasteiger charge is 2.44. The van der Waals surface area contributed by atoms with Gasteiger partial charge in [0, 0.05) is 16.6 Å². The SMILES string of the molecule is Cc1cc(C)c(C2(C)CC(c3cnc(N/N=C/c4ccccc4O)s3)C2)c(C)c1. The van der Waals surface area contributed by atoms with Crippen LogP contribution in [0.5, 0.6) is 5.75 Å². The maximum Gasteiger partial charge on any atom is 0.203 e. The van der Waals surface area contributed by atoms with Crippen LogP contribution in [0.25, 0.3) is 0 Å². The van der Waals surface area contributed by atoms with E-state index in [0.29, 0.717) is 11.5 Å². The molecule has 1 aromatic heterocycles. The molecule has 4 rings (SSSR count). The maximum absolute atomic E-state index is 9.79. The number of anilines is 1. The Bertz CT molecular complexity index is 1040. The zero-order valence-corrected chi connectivity index (χ0v) is 18.2. The van der Waals surface area contributed by atoms with Crippen molar-refractivity contribution in [2.45, 2.75) is 51.9 Å². The predicted octanol–water partition coefficient (Wildman–Crippen LogP) is 6.06.